The van der Waals surface area contributed by atoms with Crippen LogP contribution in [0.25, 0.3) is 0 Å². The van der Waals surface area contributed by atoms with E-state index in [0.29, 0.717) is 0 Å². The highest BCUT2D eigenvalue weighted by molar-refractivity contribution is 14.1. The Morgan fingerprint density at radius 1 is 1.08 bits per heavy atom. The zero-order valence-electron chi connectivity index (χ0n) is 6.70. The van der Waals surface area contributed by atoms with Crippen molar-refractivity contribution in [2.45, 2.75) is 12.5 Å². The first kappa shape index (κ1) is 11.7. The van der Waals surface area contributed by atoms with Crippen LogP contribution in [-0.4, -0.2) is 10.2 Å². The summed E-state index contributed by atoms with van der Waals surface area (Å²) < 4.78 is 4.24. The van der Waals surface area contributed by atoms with Crippen molar-refractivity contribution < 1.29 is 0 Å². The monoisotopic (exact) mass is 514 g/mol. The molecule has 66 valence electrons. The van der Waals surface area contributed by atoms with Gasteiger partial charge in [-0.1, -0.05) is 12.1 Å². The van der Waals surface area contributed by atoms with Crippen molar-refractivity contribution >= 4 is 78.0 Å². The third-order valence-corrected chi connectivity index (χ3v) is 7.45. The smallest absolute Gasteiger partial charge is 0.0400 e. The number of rotatable bonds is 2. The molecule has 1 rings (SSSR count). The van der Waals surface area contributed by atoms with E-state index in [1.54, 1.807) is 0 Å². The summed E-state index contributed by atoms with van der Waals surface area (Å²) in [5.74, 6) is 0. The van der Waals surface area contributed by atoms with E-state index in [-0.39, 0.29) is 0 Å². The van der Waals surface area contributed by atoms with Crippen molar-refractivity contribution in [2.24, 2.45) is 0 Å². The van der Waals surface area contributed by atoms with Gasteiger partial charge in [-0.25, -0.2) is 0 Å². The molecule has 0 aliphatic heterocycles. The molecule has 0 aliphatic rings. The summed E-state index contributed by atoms with van der Waals surface area (Å²) in [5, 5.41) is 0. The molecule has 0 nitrogen and oxygen atoms in total. The molecule has 0 heterocycles. The Bertz CT molecular complexity index is 286. The fourth-order valence-corrected chi connectivity index (χ4v) is 3.80. The molecular weight excluding hydrogens is 505 g/mol. The van der Waals surface area contributed by atoms with Crippen molar-refractivity contribution in [1.82, 2.24) is 0 Å². The predicted molar refractivity (Wildman–Crippen MR) is 83.0 cm³/mol. The molecule has 0 spiro atoms. The molecule has 0 atom stereocenters. The third-order valence-electron chi connectivity index (χ3n) is 1.63. The second-order valence-corrected chi connectivity index (χ2v) is 6.90. The van der Waals surface area contributed by atoms with Crippen LogP contribution in [-0.2, 0) is 6.42 Å². The number of aryl methyl sites for hydroxylation is 1. The van der Waals surface area contributed by atoms with Gasteiger partial charge in [-0.3, -0.25) is 0 Å². The van der Waals surface area contributed by atoms with E-state index in [0.717, 1.165) is 0 Å². The van der Waals surface area contributed by atoms with Crippen molar-refractivity contribution in [3.63, 3.8) is 0 Å². The standard InChI is InChI=1S/C8H9I3Si/c9-6-2-1-5(3-4-12)7(10)8(6)11/h1-2H,3-4H2,12H3. The van der Waals surface area contributed by atoms with E-state index >= 15 is 0 Å². The normalized spacial score (nSPS) is 10.6. The molecule has 1 aromatic carbocycles. The van der Waals surface area contributed by atoms with Gasteiger partial charge in [-0.05, 0) is 85.8 Å². The summed E-state index contributed by atoms with van der Waals surface area (Å²) in [7, 11) is 1.31. The molecule has 0 unspecified atom stereocenters. The van der Waals surface area contributed by atoms with Crippen LogP contribution in [0.5, 0.6) is 0 Å². The molecule has 0 aliphatic carbocycles. The lowest BCUT2D eigenvalue weighted by molar-refractivity contribution is 1.11. The molecular formula is C8H9I3Si. The molecule has 12 heavy (non-hydrogen) atoms. The average Bonchev–Trinajstić information content (AvgIpc) is 2.07. The number of benzene rings is 1. The number of halogens is 3. The van der Waals surface area contributed by atoms with Crippen LogP contribution < -0.4 is 0 Å². The summed E-state index contributed by atoms with van der Waals surface area (Å²) in [6.45, 7) is 0. The quantitative estimate of drug-likeness (QED) is 0.324. The maximum Gasteiger partial charge on any atom is 0.0400 e. The minimum atomic E-state index is 1.26. The lowest BCUT2D eigenvalue weighted by Gasteiger charge is -2.06. The molecule has 4 heteroatoms. The van der Waals surface area contributed by atoms with E-state index in [9.17, 15) is 0 Å². The molecule has 0 saturated heterocycles. The van der Waals surface area contributed by atoms with Gasteiger partial charge in [0.25, 0.3) is 0 Å². The average molecular weight is 514 g/mol. The first-order valence-corrected chi connectivity index (χ1v) is 8.44. The van der Waals surface area contributed by atoms with Gasteiger partial charge in [0.05, 0.1) is 0 Å². The highest BCUT2D eigenvalue weighted by Gasteiger charge is 2.05. The Kier molecular flexibility index (Phi) is 5.36. The van der Waals surface area contributed by atoms with E-state index in [2.05, 4.69) is 79.9 Å². The fraction of sp³-hybridized carbons (Fsp3) is 0.250. The van der Waals surface area contributed by atoms with Gasteiger partial charge in [0, 0.05) is 21.0 Å². The third kappa shape index (κ3) is 2.81. The van der Waals surface area contributed by atoms with Gasteiger partial charge in [0.1, 0.15) is 0 Å². The Morgan fingerprint density at radius 2 is 1.75 bits per heavy atom. The van der Waals surface area contributed by atoms with Gasteiger partial charge in [-0.15, -0.1) is 0 Å². The maximum absolute atomic E-state index is 2.46. The van der Waals surface area contributed by atoms with Gasteiger partial charge in [0.2, 0.25) is 0 Å². The van der Waals surface area contributed by atoms with Crippen LogP contribution in [0.2, 0.25) is 6.04 Å². The molecule has 0 amide bonds. The van der Waals surface area contributed by atoms with Crippen LogP contribution in [0.4, 0.5) is 0 Å². The minimum absolute atomic E-state index is 1.26. The first-order chi connectivity index (χ1) is 5.66. The molecule has 1 aromatic rings. The van der Waals surface area contributed by atoms with E-state index < -0.39 is 0 Å². The summed E-state index contributed by atoms with van der Waals surface area (Å²) in [4.78, 5) is 0. The molecule has 0 aromatic heterocycles. The topological polar surface area (TPSA) is 0 Å². The lowest BCUT2D eigenvalue weighted by atomic mass is 10.2. The predicted octanol–water partition coefficient (Wildman–Crippen LogP) is 2.83. The van der Waals surface area contributed by atoms with Crippen LogP contribution in [0.3, 0.4) is 0 Å². The second kappa shape index (κ2) is 5.49. The number of hydrogen-bond acceptors (Lipinski definition) is 0. The summed E-state index contributed by atoms with van der Waals surface area (Å²) in [6, 6.07) is 5.85. The molecule has 0 bridgehead atoms. The lowest BCUT2D eigenvalue weighted by Crippen LogP contribution is -1.94. The Hall–Kier alpha value is 1.63. The van der Waals surface area contributed by atoms with Crippen molar-refractivity contribution in [3.8, 4) is 0 Å². The molecule has 0 N–H and O–H groups in total. The minimum Gasteiger partial charge on any atom is -0.0618 e. The maximum atomic E-state index is 2.46. The van der Waals surface area contributed by atoms with Crippen LogP contribution in [0.15, 0.2) is 12.1 Å². The van der Waals surface area contributed by atoms with Crippen molar-refractivity contribution in [1.29, 1.82) is 0 Å². The van der Waals surface area contributed by atoms with Crippen molar-refractivity contribution in [2.75, 3.05) is 0 Å². The van der Waals surface area contributed by atoms with Crippen LogP contribution >= 0.6 is 67.8 Å². The van der Waals surface area contributed by atoms with Crippen molar-refractivity contribution in [3.05, 3.63) is 28.4 Å². The Balaban J connectivity index is 3.08. The SMILES string of the molecule is [SiH3]CCc1ccc(I)c(I)c1I. The van der Waals surface area contributed by atoms with Crippen LogP contribution in [0, 0.1) is 10.7 Å². The highest BCUT2D eigenvalue weighted by atomic mass is 127. The zero-order valence-corrected chi connectivity index (χ0v) is 15.2. The zero-order chi connectivity index (χ0) is 9.14. The number of hydrogen-bond donors (Lipinski definition) is 0. The van der Waals surface area contributed by atoms with E-state index in [1.165, 1.54) is 39.0 Å². The Labute approximate surface area is 117 Å². The van der Waals surface area contributed by atoms with Gasteiger partial charge in [-0.2, -0.15) is 0 Å². The second-order valence-electron chi connectivity index (χ2n) is 2.58. The molecule has 0 fully saturated rings. The molecule has 0 saturated carbocycles. The fourth-order valence-electron chi connectivity index (χ4n) is 1.03. The Morgan fingerprint density at radius 3 is 2.33 bits per heavy atom. The summed E-state index contributed by atoms with van der Waals surface area (Å²) in [6.07, 6.45) is 1.26. The van der Waals surface area contributed by atoms with E-state index in [4.69, 9.17) is 0 Å². The summed E-state index contributed by atoms with van der Waals surface area (Å²) in [5.41, 5.74) is 1.52. The van der Waals surface area contributed by atoms with Gasteiger partial charge < -0.3 is 0 Å². The van der Waals surface area contributed by atoms with E-state index in [1.807, 2.05) is 0 Å². The molecule has 0 radical (unpaired) electrons. The largest absolute Gasteiger partial charge is 0.0618 e. The highest BCUT2D eigenvalue weighted by Crippen LogP contribution is 2.25. The summed E-state index contributed by atoms with van der Waals surface area (Å²) >= 11 is 7.28. The van der Waals surface area contributed by atoms with Gasteiger partial charge >= 0.3 is 0 Å². The van der Waals surface area contributed by atoms with Crippen LogP contribution in [0.1, 0.15) is 5.56 Å². The first-order valence-electron chi connectivity index (χ1n) is 3.79. The van der Waals surface area contributed by atoms with Gasteiger partial charge in [0.15, 0.2) is 0 Å².